The predicted molar refractivity (Wildman–Crippen MR) is 40.1 cm³/mol. The fourth-order valence-electron chi connectivity index (χ4n) is 1.22. The third-order valence-electron chi connectivity index (χ3n) is 1.99. The fraction of sp³-hybridized carbons (Fsp3) is 0.571. The average molecular weight is 171 g/mol. The summed E-state index contributed by atoms with van der Waals surface area (Å²) in [4.78, 5) is 21.1. The van der Waals surface area contributed by atoms with Crippen LogP contribution < -0.4 is 0 Å². The van der Waals surface area contributed by atoms with E-state index in [1.807, 2.05) is 0 Å². The Morgan fingerprint density at radius 3 is 2.42 bits per heavy atom. The molecule has 0 N–H and O–H groups in total. The molecule has 12 heavy (non-hydrogen) atoms. The summed E-state index contributed by atoms with van der Waals surface area (Å²) in [5.41, 5.74) is -1.55. The highest BCUT2D eigenvalue weighted by Gasteiger charge is 2.52. The number of carbonyl (C=O) groups excluding carboxylic acids is 1. The Kier molecular flexibility index (Phi) is 2.12. The van der Waals surface area contributed by atoms with Gasteiger partial charge >= 0.3 is 11.5 Å². The van der Waals surface area contributed by atoms with Gasteiger partial charge in [-0.2, -0.15) is 0 Å². The first kappa shape index (κ1) is 8.70. The zero-order valence-corrected chi connectivity index (χ0v) is 6.65. The highest BCUT2D eigenvalue weighted by atomic mass is 16.6. The Morgan fingerprint density at radius 1 is 1.58 bits per heavy atom. The van der Waals surface area contributed by atoms with Crippen LogP contribution in [0.5, 0.6) is 0 Å². The number of hydrogen-bond donors (Lipinski definition) is 0. The van der Waals surface area contributed by atoms with Gasteiger partial charge in [-0.15, -0.1) is 0 Å². The normalized spacial score (nSPS) is 19.1. The molecule has 0 amide bonds. The standard InChI is InChI=1S/C7H9NO4/c1-12-6(9)7(8(10)11)4-2-3-5-7/h2-3H,4-5H2,1H3. The van der Waals surface area contributed by atoms with Crippen molar-refractivity contribution in [1.29, 1.82) is 0 Å². The van der Waals surface area contributed by atoms with E-state index in [4.69, 9.17) is 0 Å². The second-order valence-electron chi connectivity index (χ2n) is 2.66. The molecule has 0 unspecified atom stereocenters. The molecule has 0 saturated heterocycles. The van der Waals surface area contributed by atoms with E-state index in [1.54, 1.807) is 12.2 Å². The molecule has 0 aliphatic heterocycles. The smallest absolute Gasteiger partial charge is 0.385 e. The molecule has 1 rings (SSSR count). The molecule has 0 heterocycles. The van der Waals surface area contributed by atoms with Crippen LogP contribution in [0, 0.1) is 10.1 Å². The van der Waals surface area contributed by atoms with Crippen molar-refractivity contribution in [2.24, 2.45) is 0 Å². The fourth-order valence-corrected chi connectivity index (χ4v) is 1.22. The first-order chi connectivity index (χ1) is 5.63. The van der Waals surface area contributed by atoms with E-state index in [0.717, 1.165) is 7.11 Å². The second kappa shape index (κ2) is 2.92. The van der Waals surface area contributed by atoms with E-state index in [2.05, 4.69) is 4.74 Å². The molecular weight excluding hydrogens is 162 g/mol. The van der Waals surface area contributed by atoms with Crippen molar-refractivity contribution in [3.05, 3.63) is 22.3 Å². The molecule has 0 aromatic carbocycles. The van der Waals surface area contributed by atoms with Crippen molar-refractivity contribution >= 4 is 5.97 Å². The van der Waals surface area contributed by atoms with E-state index in [1.165, 1.54) is 0 Å². The summed E-state index contributed by atoms with van der Waals surface area (Å²) < 4.78 is 4.38. The van der Waals surface area contributed by atoms with Crippen LogP contribution in [0.1, 0.15) is 12.8 Å². The maximum Gasteiger partial charge on any atom is 0.385 e. The Hall–Kier alpha value is -1.39. The van der Waals surface area contributed by atoms with Gasteiger partial charge in [0.25, 0.3) is 0 Å². The first-order valence-corrected chi connectivity index (χ1v) is 3.51. The minimum atomic E-state index is -1.55. The van der Waals surface area contributed by atoms with Crippen LogP contribution in [0.25, 0.3) is 0 Å². The molecule has 0 aromatic heterocycles. The van der Waals surface area contributed by atoms with Crippen LogP contribution in [-0.4, -0.2) is 23.5 Å². The molecule has 5 nitrogen and oxygen atoms in total. The van der Waals surface area contributed by atoms with E-state index in [-0.39, 0.29) is 12.8 Å². The van der Waals surface area contributed by atoms with Gasteiger partial charge in [-0.05, 0) is 0 Å². The second-order valence-corrected chi connectivity index (χ2v) is 2.66. The van der Waals surface area contributed by atoms with Gasteiger partial charge in [-0.1, -0.05) is 12.2 Å². The summed E-state index contributed by atoms with van der Waals surface area (Å²) in [6.45, 7) is 0. The van der Waals surface area contributed by atoms with E-state index < -0.39 is 16.4 Å². The lowest BCUT2D eigenvalue weighted by Gasteiger charge is -2.15. The third kappa shape index (κ3) is 1.07. The molecule has 1 aliphatic rings. The molecule has 0 fully saturated rings. The molecule has 0 atom stereocenters. The monoisotopic (exact) mass is 171 g/mol. The highest BCUT2D eigenvalue weighted by Crippen LogP contribution is 2.28. The summed E-state index contributed by atoms with van der Waals surface area (Å²) in [5.74, 6) is -0.766. The largest absolute Gasteiger partial charge is 0.464 e. The van der Waals surface area contributed by atoms with Crippen LogP contribution in [0.15, 0.2) is 12.2 Å². The van der Waals surface area contributed by atoms with Gasteiger partial charge < -0.3 is 4.74 Å². The lowest BCUT2D eigenvalue weighted by molar-refractivity contribution is -0.552. The molecule has 5 heteroatoms. The lowest BCUT2D eigenvalue weighted by atomic mass is 9.98. The van der Waals surface area contributed by atoms with Gasteiger partial charge in [0, 0.05) is 17.8 Å². The maximum absolute atomic E-state index is 11.1. The van der Waals surface area contributed by atoms with Crippen LogP contribution in [0.4, 0.5) is 0 Å². The van der Waals surface area contributed by atoms with Crippen LogP contribution in [-0.2, 0) is 9.53 Å². The van der Waals surface area contributed by atoms with Crippen LogP contribution >= 0.6 is 0 Å². The Labute approximate surface area is 69.2 Å². The number of rotatable bonds is 2. The number of nitrogens with zero attached hydrogens (tertiary/aromatic N) is 1. The summed E-state index contributed by atoms with van der Waals surface area (Å²) in [6.07, 6.45) is 3.51. The molecule has 0 radical (unpaired) electrons. The molecule has 0 saturated carbocycles. The first-order valence-electron chi connectivity index (χ1n) is 3.51. The topological polar surface area (TPSA) is 69.4 Å². The van der Waals surface area contributed by atoms with Gasteiger partial charge in [0.15, 0.2) is 0 Å². The number of nitro groups is 1. The minimum Gasteiger partial charge on any atom is -0.464 e. The molecular formula is C7H9NO4. The van der Waals surface area contributed by atoms with Gasteiger partial charge in [-0.3, -0.25) is 10.1 Å². The SMILES string of the molecule is COC(=O)C1([N+](=O)[O-])CC=CC1. The summed E-state index contributed by atoms with van der Waals surface area (Å²) in [6, 6.07) is 0. The van der Waals surface area contributed by atoms with Crippen molar-refractivity contribution in [2.45, 2.75) is 18.4 Å². The van der Waals surface area contributed by atoms with Crippen molar-refractivity contribution in [1.82, 2.24) is 0 Å². The Bertz CT molecular complexity index is 238. The number of hydrogen-bond acceptors (Lipinski definition) is 4. The van der Waals surface area contributed by atoms with Gasteiger partial charge in [0.2, 0.25) is 0 Å². The molecule has 0 spiro atoms. The zero-order chi connectivity index (χ0) is 9.19. The molecule has 66 valence electrons. The van der Waals surface area contributed by atoms with Gasteiger partial charge in [0.05, 0.1) is 7.11 Å². The summed E-state index contributed by atoms with van der Waals surface area (Å²) in [5, 5.41) is 10.6. The van der Waals surface area contributed by atoms with Gasteiger partial charge in [0.1, 0.15) is 0 Å². The summed E-state index contributed by atoms with van der Waals surface area (Å²) >= 11 is 0. The molecule has 0 bridgehead atoms. The number of methoxy groups -OCH3 is 1. The maximum atomic E-state index is 11.1. The van der Waals surface area contributed by atoms with Crippen molar-refractivity contribution in [2.75, 3.05) is 7.11 Å². The van der Waals surface area contributed by atoms with Crippen LogP contribution in [0.3, 0.4) is 0 Å². The zero-order valence-electron chi connectivity index (χ0n) is 6.65. The number of carbonyl (C=O) groups is 1. The number of ether oxygens (including phenoxy) is 1. The summed E-state index contributed by atoms with van der Waals surface area (Å²) in [7, 11) is 1.16. The minimum absolute atomic E-state index is 0.132. The highest BCUT2D eigenvalue weighted by molar-refractivity contribution is 5.80. The Balaban J connectivity index is 2.88. The average Bonchev–Trinajstić information content (AvgIpc) is 2.52. The number of esters is 1. The quantitative estimate of drug-likeness (QED) is 0.263. The van der Waals surface area contributed by atoms with E-state index in [9.17, 15) is 14.9 Å². The Morgan fingerprint density at radius 2 is 2.08 bits per heavy atom. The molecule has 1 aliphatic carbocycles. The molecule has 0 aromatic rings. The van der Waals surface area contributed by atoms with Crippen molar-refractivity contribution < 1.29 is 14.5 Å². The van der Waals surface area contributed by atoms with Crippen molar-refractivity contribution in [3.63, 3.8) is 0 Å². The van der Waals surface area contributed by atoms with Gasteiger partial charge in [-0.25, -0.2) is 4.79 Å². The third-order valence-corrected chi connectivity index (χ3v) is 1.99. The lowest BCUT2D eigenvalue weighted by Crippen LogP contribution is -2.44. The van der Waals surface area contributed by atoms with E-state index >= 15 is 0 Å². The van der Waals surface area contributed by atoms with Crippen LogP contribution in [0.2, 0.25) is 0 Å². The van der Waals surface area contributed by atoms with Crippen molar-refractivity contribution in [3.8, 4) is 0 Å². The van der Waals surface area contributed by atoms with E-state index in [0.29, 0.717) is 0 Å². The predicted octanol–water partition coefficient (Wildman–Crippen LogP) is 0.525.